The molecule has 1 heterocycles. The maximum absolute atomic E-state index is 12.1. The molecule has 1 aliphatic carbocycles. The molecule has 0 bridgehead atoms. The second-order valence-corrected chi connectivity index (χ2v) is 6.46. The van der Waals surface area contributed by atoms with Crippen LogP contribution in [0.2, 0.25) is 0 Å². The van der Waals surface area contributed by atoms with Gasteiger partial charge in [0, 0.05) is 22.1 Å². The zero-order chi connectivity index (χ0) is 11.7. The molecule has 1 saturated carbocycles. The van der Waals surface area contributed by atoms with Crippen molar-refractivity contribution in [2.45, 2.75) is 48.7 Å². The zero-order valence-corrected chi connectivity index (χ0v) is 10.8. The Bertz CT molecular complexity index is 421. The second-order valence-electron chi connectivity index (χ2n) is 5.18. The summed E-state index contributed by atoms with van der Waals surface area (Å²) in [5.41, 5.74) is 0.949. The predicted octanol–water partition coefficient (Wildman–Crippen LogP) is 4.31. The van der Waals surface area contributed by atoms with Crippen molar-refractivity contribution in [3.8, 4) is 0 Å². The van der Waals surface area contributed by atoms with Gasteiger partial charge in [0.1, 0.15) is 0 Å². The lowest BCUT2D eigenvalue weighted by atomic mass is 9.84. The number of thioether (sulfide) groups is 1. The molecular weight excluding hydrogens is 228 g/mol. The summed E-state index contributed by atoms with van der Waals surface area (Å²) in [7, 11) is 0. The molecule has 2 heteroatoms. The topological polar surface area (TPSA) is 17.1 Å². The van der Waals surface area contributed by atoms with E-state index in [9.17, 15) is 4.79 Å². The molecule has 90 valence electrons. The van der Waals surface area contributed by atoms with Gasteiger partial charge in [-0.2, -0.15) is 0 Å². The Morgan fingerprint density at radius 3 is 2.65 bits per heavy atom. The zero-order valence-electron chi connectivity index (χ0n) is 10.0. The molecule has 1 atom stereocenters. The summed E-state index contributed by atoms with van der Waals surface area (Å²) in [6, 6.07) is 8.09. The van der Waals surface area contributed by atoms with Crippen molar-refractivity contribution in [3.63, 3.8) is 0 Å². The van der Waals surface area contributed by atoms with E-state index < -0.39 is 0 Å². The third-order valence-corrected chi connectivity index (χ3v) is 5.49. The lowest BCUT2D eigenvalue weighted by Gasteiger charge is -2.32. The second kappa shape index (κ2) is 4.85. The summed E-state index contributed by atoms with van der Waals surface area (Å²) in [4.78, 5) is 13.3. The smallest absolute Gasteiger partial charge is 0.165 e. The molecule has 0 radical (unpaired) electrons. The average Bonchev–Trinajstić information content (AvgIpc) is 2.40. The van der Waals surface area contributed by atoms with Crippen LogP contribution in [0.4, 0.5) is 0 Å². The molecule has 0 unspecified atom stereocenters. The number of hydrogen-bond donors (Lipinski definition) is 0. The van der Waals surface area contributed by atoms with Gasteiger partial charge < -0.3 is 0 Å². The lowest BCUT2D eigenvalue weighted by Crippen LogP contribution is -2.26. The van der Waals surface area contributed by atoms with Crippen LogP contribution in [0.5, 0.6) is 0 Å². The Hall–Kier alpha value is -0.760. The van der Waals surface area contributed by atoms with Crippen molar-refractivity contribution >= 4 is 17.5 Å². The Balaban J connectivity index is 1.80. The molecule has 17 heavy (non-hydrogen) atoms. The van der Waals surface area contributed by atoms with Crippen LogP contribution < -0.4 is 0 Å². The van der Waals surface area contributed by atoms with Gasteiger partial charge in [-0.05, 0) is 24.8 Å². The molecule has 0 spiro atoms. The molecule has 1 aromatic rings. The van der Waals surface area contributed by atoms with E-state index in [1.807, 2.05) is 30.0 Å². The first-order chi connectivity index (χ1) is 8.34. The summed E-state index contributed by atoms with van der Waals surface area (Å²) >= 11 is 1.95. The van der Waals surface area contributed by atoms with Gasteiger partial charge in [-0.3, -0.25) is 4.79 Å². The van der Waals surface area contributed by atoms with Crippen LogP contribution in [0.15, 0.2) is 29.2 Å². The van der Waals surface area contributed by atoms with E-state index >= 15 is 0 Å². The highest BCUT2D eigenvalue weighted by Crippen LogP contribution is 2.42. The maximum atomic E-state index is 12.1. The summed E-state index contributed by atoms with van der Waals surface area (Å²) in [6.07, 6.45) is 7.51. The van der Waals surface area contributed by atoms with Gasteiger partial charge in [0.25, 0.3) is 0 Å². The summed E-state index contributed by atoms with van der Waals surface area (Å²) in [5, 5.41) is 0.540. The third-order valence-electron chi connectivity index (χ3n) is 4.03. The summed E-state index contributed by atoms with van der Waals surface area (Å²) in [6.45, 7) is 0. The first-order valence-corrected chi connectivity index (χ1v) is 7.51. The van der Waals surface area contributed by atoms with E-state index in [1.54, 1.807) is 0 Å². The number of carbonyl (C=O) groups is 1. The number of rotatable bonds is 1. The van der Waals surface area contributed by atoms with E-state index in [1.165, 1.54) is 37.0 Å². The van der Waals surface area contributed by atoms with E-state index in [4.69, 9.17) is 0 Å². The van der Waals surface area contributed by atoms with Crippen molar-refractivity contribution < 1.29 is 4.79 Å². The van der Waals surface area contributed by atoms with Crippen LogP contribution in [0, 0.1) is 5.92 Å². The van der Waals surface area contributed by atoms with Crippen molar-refractivity contribution in [2.24, 2.45) is 5.92 Å². The normalized spacial score (nSPS) is 25.6. The molecule has 1 fully saturated rings. The van der Waals surface area contributed by atoms with Gasteiger partial charge in [-0.1, -0.05) is 37.5 Å². The van der Waals surface area contributed by atoms with Crippen molar-refractivity contribution in [3.05, 3.63) is 29.8 Å². The number of ketones is 1. The predicted molar refractivity (Wildman–Crippen MR) is 71.6 cm³/mol. The molecule has 0 aromatic heterocycles. The monoisotopic (exact) mass is 246 g/mol. The van der Waals surface area contributed by atoms with Gasteiger partial charge in [0.2, 0.25) is 0 Å². The van der Waals surface area contributed by atoms with Crippen LogP contribution >= 0.6 is 11.8 Å². The molecule has 0 N–H and O–H groups in total. The van der Waals surface area contributed by atoms with Gasteiger partial charge >= 0.3 is 0 Å². The number of carbonyl (C=O) groups excluding carboxylic acids is 1. The SMILES string of the molecule is O=C1C[C@@H](C2CCCCC2)Sc2ccccc21. The fourth-order valence-corrected chi connectivity index (χ4v) is 4.56. The number of fused-ring (bicyclic) bond motifs is 1. The largest absolute Gasteiger partial charge is 0.294 e. The first-order valence-electron chi connectivity index (χ1n) is 6.63. The van der Waals surface area contributed by atoms with Gasteiger partial charge in [0.05, 0.1) is 0 Å². The minimum absolute atomic E-state index is 0.356. The van der Waals surface area contributed by atoms with E-state index in [0.29, 0.717) is 11.0 Å². The first kappa shape index (κ1) is 11.3. The Morgan fingerprint density at radius 1 is 1.06 bits per heavy atom. The summed E-state index contributed by atoms with van der Waals surface area (Å²) in [5.74, 6) is 1.13. The quantitative estimate of drug-likeness (QED) is 0.734. The molecule has 1 aromatic carbocycles. The van der Waals surface area contributed by atoms with E-state index in [0.717, 1.165) is 17.9 Å². The van der Waals surface area contributed by atoms with Crippen LogP contribution in [-0.2, 0) is 0 Å². The Morgan fingerprint density at radius 2 is 1.82 bits per heavy atom. The number of benzene rings is 1. The molecule has 1 aliphatic heterocycles. The van der Waals surface area contributed by atoms with Crippen LogP contribution in [0.3, 0.4) is 0 Å². The average molecular weight is 246 g/mol. The maximum Gasteiger partial charge on any atom is 0.165 e. The molecule has 2 aliphatic rings. The highest BCUT2D eigenvalue weighted by atomic mass is 32.2. The Labute approximate surface area is 107 Å². The van der Waals surface area contributed by atoms with E-state index in [-0.39, 0.29) is 0 Å². The van der Waals surface area contributed by atoms with Gasteiger partial charge in [-0.15, -0.1) is 11.8 Å². The fraction of sp³-hybridized carbons (Fsp3) is 0.533. The highest BCUT2D eigenvalue weighted by molar-refractivity contribution is 8.00. The molecule has 3 rings (SSSR count). The van der Waals surface area contributed by atoms with Crippen molar-refractivity contribution in [2.75, 3.05) is 0 Å². The van der Waals surface area contributed by atoms with Crippen LogP contribution in [-0.4, -0.2) is 11.0 Å². The fourth-order valence-electron chi connectivity index (χ4n) is 3.07. The van der Waals surface area contributed by atoms with Gasteiger partial charge in [-0.25, -0.2) is 0 Å². The number of hydrogen-bond acceptors (Lipinski definition) is 2. The van der Waals surface area contributed by atoms with Crippen molar-refractivity contribution in [1.82, 2.24) is 0 Å². The molecule has 1 nitrogen and oxygen atoms in total. The molecule has 0 amide bonds. The molecule has 0 saturated heterocycles. The highest BCUT2D eigenvalue weighted by Gasteiger charge is 2.31. The summed E-state index contributed by atoms with van der Waals surface area (Å²) < 4.78 is 0. The van der Waals surface area contributed by atoms with Crippen LogP contribution in [0.1, 0.15) is 48.9 Å². The van der Waals surface area contributed by atoms with Crippen LogP contribution in [0.25, 0.3) is 0 Å². The number of Topliss-reactive ketones (excluding diaryl/α,β-unsaturated/α-hetero) is 1. The van der Waals surface area contributed by atoms with Crippen molar-refractivity contribution in [1.29, 1.82) is 0 Å². The van der Waals surface area contributed by atoms with Gasteiger partial charge in [0.15, 0.2) is 5.78 Å². The van der Waals surface area contributed by atoms with E-state index in [2.05, 4.69) is 6.07 Å². The standard InChI is InChI=1S/C15H18OS/c16-13-10-15(11-6-2-1-3-7-11)17-14-9-5-4-8-12(13)14/h4-5,8-9,11,15H,1-3,6-7,10H2/t15-/m0/s1. The lowest BCUT2D eigenvalue weighted by molar-refractivity contribution is 0.0967. The molecular formula is C15H18OS. The third kappa shape index (κ3) is 2.28. The minimum atomic E-state index is 0.356. The Kier molecular flexibility index (Phi) is 3.24. The minimum Gasteiger partial charge on any atom is -0.294 e.